The number of nitrogens with two attached hydrogens (primary N) is 1. The number of aryl methyl sites for hydroxylation is 2. The Labute approximate surface area is 79.2 Å². The minimum absolute atomic E-state index is 0.158. The Hall–Kier alpha value is -0.890. The molecule has 1 aromatic rings. The molecule has 13 heavy (non-hydrogen) atoms. The number of hydrogen-bond acceptors (Lipinski definition) is 2. The molecule has 1 fully saturated rings. The zero-order chi connectivity index (χ0) is 9.31. The van der Waals surface area contributed by atoms with Gasteiger partial charge in [-0.15, -0.1) is 0 Å². The van der Waals surface area contributed by atoms with E-state index in [1.165, 1.54) is 24.1 Å². The van der Waals surface area contributed by atoms with Gasteiger partial charge < -0.3 is 5.73 Å². The first-order chi connectivity index (χ1) is 6.18. The van der Waals surface area contributed by atoms with Crippen molar-refractivity contribution >= 4 is 0 Å². The average Bonchev–Trinajstić information content (AvgIpc) is 2.82. The second kappa shape index (κ2) is 3.11. The van der Waals surface area contributed by atoms with Gasteiger partial charge in [-0.1, -0.05) is 0 Å². The molecule has 2 heteroatoms. The van der Waals surface area contributed by atoms with Crippen molar-refractivity contribution in [2.24, 2.45) is 5.73 Å². The van der Waals surface area contributed by atoms with Crippen LogP contribution in [0.25, 0.3) is 0 Å². The van der Waals surface area contributed by atoms with E-state index in [2.05, 4.69) is 18.0 Å². The van der Waals surface area contributed by atoms with Crippen LogP contribution in [-0.2, 0) is 6.42 Å². The molecule has 2 N–H and O–H groups in total. The van der Waals surface area contributed by atoms with E-state index in [4.69, 9.17) is 5.73 Å². The molecule has 1 aliphatic rings. The third-order valence-electron chi connectivity index (χ3n) is 2.74. The molecule has 70 valence electrons. The Bertz CT molecular complexity index is 303. The normalized spacial score (nSPS) is 18.6. The summed E-state index contributed by atoms with van der Waals surface area (Å²) in [6.45, 7) is 2.10. The van der Waals surface area contributed by atoms with Crippen molar-refractivity contribution in [1.29, 1.82) is 0 Å². The van der Waals surface area contributed by atoms with E-state index in [1.54, 1.807) is 0 Å². The van der Waals surface area contributed by atoms with E-state index < -0.39 is 0 Å². The molecule has 0 spiro atoms. The number of pyridine rings is 1. The molecule has 0 atom stereocenters. The summed E-state index contributed by atoms with van der Waals surface area (Å²) in [5.41, 5.74) is 8.62. The first-order valence-electron chi connectivity index (χ1n) is 4.88. The minimum Gasteiger partial charge on any atom is -0.325 e. The van der Waals surface area contributed by atoms with Crippen LogP contribution >= 0.6 is 0 Å². The summed E-state index contributed by atoms with van der Waals surface area (Å²) in [5, 5.41) is 0. The van der Waals surface area contributed by atoms with Gasteiger partial charge in [0.1, 0.15) is 0 Å². The van der Waals surface area contributed by atoms with Crippen LogP contribution in [0.15, 0.2) is 18.3 Å². The molecule has 1 saturated carbocycles. The van der Waals surface area contributed by atoms with E-state index in [9.17, 15) is 0 Å². The second-order valence-electron chi connectivity index (χ2n) is 4.19. The third kappa shape index (κ3) is 2.28. The van der Waals surface area contributed by atoms with E-state index in [0.29, 0.717) is 0 Å². The maximum absolute atomic E-state index is 6.00. The summed E-state index contributed by atoms with van der Waals surface area (Å²) < 4.78 is 0. The van der Waals surface area contributed by atoms with Crippen molar-refractivity contribution < 1.29 is 0 Å². The number of rotatable bonds is 3. The van der Waals surface area contributed by atoms with Crippen molar-refractivity contribution in [2.45, 2.75) is 38.1 Å². The molecular formula is C11H16N2. The van der Waals surface area contributed by atoms with E-state index in [0.717, 1.165) is 12.8 Å². The Kier molecular flexibility index (Phi) is 2.08. The van der Waals surface area contributed by atoms with Crippen LogP contribution in [0, 0.1) is 6.92 Å². The Morgan fingerprint density at radius 1 is 1.54 bits per heavy atom. The lowest BCUT2D eigenvalue weighted by Crippen LogP contribution is -2.22. The molecule has 1 heterocycles. The summed E-state index contributed by atoms with van der Waals surface area (Å²) in [4.78, 5) is 4.31. The molecule has 0 saturated heterocycles. The van der Waals surface area contributed by atoms with E-state index in [1.807, 2.05) is 12.3 Å². The van der Waals surface area contributed by atoms with Gasteiger partial charge in [0.25, 0.3) is 0 Å². The monoisotopic (exact) mass is 176 g/mol. The molecule has 0 unspecified atom stereocenters. The SMILES string of the molecule is Cc1ccnc(CCC2(N)CC2)c1. The highest BCUT2D eigenvalue weighted by Crippen LogP contribution is 2.36. The van der Waals surface area contributed by atoms with Gasteiger partial charge in [0.15, 0.2) is 0 Å². The first kappa shape index (κ1) is 8.70. The van der Waals surface area contributed by atoms with Crippen LogP contribution in [-0.4, -0.2) is 10.5 Å². The third-order valence-corrected chi connectivity index (χ3v) is 2.74. The first-order valence-corrected chi connectivity index (χ1v) is 4.88. The fourth-order valence-electron chi connectivity index (χ4n) is 1.52. The lowest BCUT2D eigenvalue weighted by molar-refractivity contribution is 0.603. The number of hydrogen-bond donors (Lipinski definition) is 1. The highest BCUT2D eigenvalue weighted by atomic mass is 14.8. The smallest absolute Gasteiger partial charge is 0.0406 e. The summed E-state index contributed by atoms with van der Waals surface area (Å²) in [5.74, 6) is 0. The zero-order valence-corrected chi connectivity index (χ0v) is 8.09. The van der Waals surface area contributed by atoms with Gasteiger partial charge >= 0.3 is 0 Å². The van der Waals surface area contributed by atoms with Gasteiger partial charge in [0.05, 0.1) is 0 Å². The minimum atomic E-state index is 0.158. The van der Waals surface area contributed by atoms with Crippen LogP contribution in [0.3, 0.4) is 0 Å². The van der Waals surface area contributed by atoms with Crippen molar-refractivity contribution in [2.75, 3.05) is 0 Å². The quantitative estimate of drug-likeness (QED) is 0.763. The topological polar surface area (TPSA) is 38.9 Å². The predicted molar refractivity (Wildman–Crippen MR) is 53.4 cm³/mol. The summed E-state index contributed by atoms with van der Waals surface area (Å²) in [6, 6.07) is 4.17. The summed E-state index contributed by atoms with van der Waals surface area (Å²) in [6.07, 6.45) is 6.38. The molecule has 0 aliphatic heterocycles. The lowest BCUT2D eigenvalue weighted by atomic mass is 10.1. The Morgan fingerprint density at radius 2 is 2.31 bits per heavy atom. The largest absolute Gasteiger partial charge is 0.325 e. The predicted octanol–water partition coefficient (Wildman–Crippen LogP) is 1.81. The standard InChI is InChI=1S/C11H16N2/c1-9-3-7-13-10(8-9)2-4-11(12)5-6-11/h3,7-8H,2,4-6,12H2,1H3. The van der Waals surface area contributed by atoms with E-state index >= 15 is 0 Å². The highest BCUT2D eigenvalue weighted by molar-refractivity contribution is 5.15. The van der Waals surface area contributed by atoms with Crippen LogP contribution in [0.2, 0.25) is 0 Å². The van der Waals surface area contributed by atoms with Crippen LogP contribution in [0.5, 0.6) is 0 Å². The molecular weight excluding hydrogens is 160 g/mol. The highest BCUT2D eigenvalue weighted by Gasteiger charge is 2.37. The molecule has 2 rings (SSSR count). The fourth-order valence-corrected chi connectivity index (χ4v) is 1.52. The molecule has 2 nitrogen and oxygen atoms in total. The molecule has 0 aromatic carbocycles. The van der Waals surface area contributed by atoms with Crippen LogP contribution in [0.1, 0.15) is 30.5 Å². The molecule has 1 aromatic heterocycles. The average molecular weight is 176 g/mol. The molecule has 0 amide bonds. The molecule has 0 bridgehead atoms. The molecule has 1 aliphatic carbocycles. The Balaban J connectivity index is 1.94. The fraction of sp³-hybridized carbons (Fsp3) is 0.545. The Morgan fingerprint density at radius 3 is 2.92 bits per heavy atom. The van der Waals surface area contributed by atoms with Crippen LogP contribution < -0.4 is 5.73 Å². The van der Waals surface area contributed by atoms with Gasteiger partial charge in [0, 0.05) is 17.4 Å². The van der Waals surface area contributed by atoms with Crippen molar-refractivity contribution in [3.63, 3.8) is 0 Å². The zero-order valence-electron chi connectivity index (χ0n) is 8.09. The maximum atomic E-state index is 6.00. The second-order valence-corrected chi connectivity index (χ2v) is 4.19. The number of nitrogens with zero attached hydrogens (tertiary/aromatic N) is 1. The van der Waals surface area contributed by atoms with Gasteiger partial charge in [-0.3, -0.25) is 4.98 Å². The van der Waals surface area contributed by atoms with Gasteiger partial charge in [-0.25, -0.2) is 0 Å². The summed E-state index contributed by atoms with van der Waals surface area (Å²) in [7, 11) is 0. The van der Waals surface area contributed by atoms with E-state index in [-0.39, 0.29) is 5.54 Å². The summed E-state index contributed by atoms with van der Waals surface area (Å²) >= 11 is 0. The maximum Gasteiger partial charge on any atom is 0.0406 e. The van der Waals surface area contributed by atoms with Crippen LogP contribution in [0.4, 0.5) is 0 Å². The molecule has 0 radical (unpaired) electrons. The van der Waals surface area contributed by atoms with Crippen molar-refractivity contribution in [3.05, 3.63) is 29.6 Å². The van der Waals surface area contributed by atoms with Gasteiger partial charge in [-0.2, -0.15) is 0 Å². The van der Waals surface area contributed by atoms with Crippen molar-refractivity contribution in [3.8, 4) is 0 Å². The van der Waals surface area contributed by atoms with Gasteiger partial charge in [-0.05, 0) is 50.3 Å². The number of aromatic nitrogens is 1. The van der Waals surface area contributed by atoms with Gasteiger partial charge in [0.2, 0.25) is 0 Å². The lowest BCUT2D eigenvalue weighted by Gasteiger charge is -2.07. The van der Waals surface area contributed by atoms with Crippen molar-refractivity contribution in [1.82, 2.24) is 4.98 Å².